The van der Waals surface area contributed by atoms with Crippen molar-refractivity contribution < 1.29 is 4.79 Å². The third kappa shape index (κ3) is 2.89. The average Bonchev–Trinajstić information content (AvgIpc) is 2.42. The van der Waals surface area contributed by atoms with Gasteiger partial charge in [0.05, 0.1) is 12.1 Å². The van der Waals surface area contributed by atoms with Gasteiger partial charge in [0.15, 0.2) is 0 Å². The second kappa shape index (κ2) is 6.20. The molecule has 0 bridgehead atoms. The van der Waals surface area contributed by atoms with Crippen LogP contribution in [-0.4, -0.2) is 5.91 Å². The molecule has 1 aromatic rings. The molecule has 0 saturated heterocycles. The van der Waals surface area contributed by atoms with Crippen molar-refractivity contribution in [2.45, 2.75) is 39.7 Å². The Kier molecular flexibility index (Phi) is 4.91. The Morgan fingerprint density at radius 3 is 2.33 bits per heavy atom. The molecule has 0 fully saturated rings. The van der Waals surface area contributed by atoms with Crippen LogP contribution in [0, 0.1) is 16.7 Å². The summed E-state index contributed by atoms with van der Waals surface area (Å²) < 4.78 is 0. The Balaban J connectivity index is 2.79. The molecule has 0 unspecified atom stereocenters. The molecule has 1 atom stereocenters. The van der Waals surface area contributed by atoms with E-state index in [9.17, 15) is 10.1 Å². The molecule has 3 nitrogen and oxygen atoms in total. The number of nitriles is 1. The van der Waals surface area contributed by atoms with Gasteiger partial charge in [-0.1, -0.05) is 44.2 Å². The zero-order chi connectivity index (χ0) is 13.6. The first-order valence-corrected chi connectivity index (χ1v) is 6.36. The molecular formula is C15H20N2O. The first-order valence-electron chi connectivity index (χ1n) is 6.36. The molecule has 0 saturated carbocycles. The maximum Gasteiger partial charge on any atom is 0.240 e. The average molecular weight is 244 g/mol. The van der Waals surface area contributed by atoms with E-state index in [-0.39, 0.29) is 11.9 Å². The van der Waals surface area contributed by atoms with E-state index in [1.165, 1.54) is 0 Å². The summed E-state index contributed by atoms with van der Waals surface area (Å²) in [7, 11) is 0. The van der Waals surface area contributed by atoms with Gasteiger partial charge < -0.3 is 5.32 Å². The standard InChI is InChI=1S/C15H20N2O/c1-4-15(5-2,11-16)14(18)17-12(3)13-9-7-6-8-10-13/h6-10,12H,4-5H2,1-3H3,(H,17,18)/t12-/m0/s1. The van der Waals surface area contributed by atoms with Crippen LogP contribution in [0.5, 0.6) is 0 Å². The number of hydrogen-bond donors (Lipinski definition) is 1. The van der Waals surface area contributed by atoms with E-state index in [2.05, 4.69) is 11.4 Å². The number of hydrogen-bond acceptors (Lipinski definition) is 2. The van der Waals surface area contributed by atoms with Crippen molar-refractivity contribution in [2.75, 3.05) is 0 Å². The Morgan fingerprint density at radius 2 is 1.89 bits per heavy atom. The number of rotatable bonds is 5. The lowest BCUT2D eigenvalue weighted by atomic mass is 9.82. The summed E-state index contributed by atoms with van der Waals surface area (Å²) in [6, 6.07) is 11.8. The molecule has 0 aliphatic carbocycles. The summed E-state index contributed by atoms with van der Waals surface area (Å²) in [5.41, 5.74) is 0.146. The maximum atomic E-state index is 12.2. The SMILES string of the molecule is CCC(C#N)(CC)C(=O)N[C@@H](C)c1ccccc1. The fourth-order valence-electron chi connectivity index (χ4n) is 1.94. The van der Waals surface area contributed by atoms with Crippen molar-refractivity contribution in [3.8, 4) is 6.07 Å². The fourth-order valence-corrected chi connectivity index (χ4v) is 1.94. The van der Waals surface area contributed by atoms with Crippen molar-refractivity contribution in [1.29, 1.82) is 5.26 Å². The van der Waals surface area contributed by atoms with E-state index < -0.39 is 5.41 Å². The summed E-state index contributed by atoms with van der Waals surface area (Å²) in [6.45, 7) is 5.68. The summed E-state index contributed by atoms with van der Waals surface area (Å²) in [5.74, 6) is -0.175. The van der Waals surface area contributed by atoms with Crippen LogP contribution in [0.25, 0.3) is 0 Å². The van der Waals surface area contributed by atoms with Gasteiger partial charge in [-0.15, -0.1) is 0 Å². The number of benzene rings is 1. The molecule has 0 aliphatic rings. The van der Waals surface area contributed by atoms with Crippen LogP contribution in [0.2, 0.25) is 0 Å². The highest BCUT2D eigenvalue weighted by atomic mass is 16.2. The minimum absolute atomic E-state index is 0.0791. The predicted molar refractivity (Wildman–Crippen MR) is 71.6 cm³/mol. The normalized spacial score (nSPS) is 12.6. The molecule has 1 amide bonds. The maximum absolute atomic E-state index is 12.2. The first-order chi connectivity index (χ1) is 8.59. The largest absolute Gasteiger partial charge is 0.348 e. The highest BCUT2D eigenvalue weighted by molar-refractivity contribution is 5.85. The van der Waals surface area contributed by atoms with Gasteiger partial charge in [0.25, 0.3) is 0 Å². The van der Waals surface area contributed by atoms with E-state index in [0.29, 0.717) is 12.8 Å². The molecule has 18 heavy (non-hydrogen) atoms. The third-order valence-corrected chi connectivity index (χ3v) is 3.50. The van der Waals surface area contributed by atoms with Crippen molar-refractivity contribution in [3.05, 3.63) is 35.9 Å². The predicted octanol–water partition coefficient (Wildman–Crippen LogP) is 3.19. The highest BCUT2D eigenvalue weighted by Crippen LogP contribution is 2.26. The van der Waals surface area contributed by atoms with Crippen LogP contribution < -0.4 is 5.32 Å². The lowest BCUT2D eigenvalue weighted by Crippen LogP contribution is -2.40. The summed E-state index contributed by atoms with van der Waals surface area (Å²) in [5, 5.41) is 12.1. The van der Waals surface area contributed by atoms with Crippen molar-refractivity contribution in [2.24, 2.45) is 5.41 Å². The number of carbonyl (C=O) groups excluding carboxylic acids is 1. The molecule has 0 radical (unpaired) electrons. The monoisotopic (exact) mass is 244 g/mol. The molecular weight excluding hydrogens is 224 g/mol. The van der Waals surface area contributed by atoms with E-state index in [4.69, 9.17) is 0 Å². The zero-order valence-corrected chi connectivity index (χ0v) is 11.2. The van der Waals surface area contributed by atoms with Gasteiger partial charge in [-0.3, -0.25) is 4.79 Å². The van der Waals surface area contributed by atoms with Crippen molar-refractivity contribution >= 4 is 5.91 Å². The van der Waals surface area contributed by atoms with Crippen LogP contribution in [-0.2, 0) is 4.79 Å². The smallest absolute Gasteiger partial charge is 0.240 e. The number of nitrogens with zero attached hydrogens (tertiary/aromatic N) is 1. The Hall–Kier alpha value is -1.82. The zero-order valence-electron chi connectivity index (χ0n) is 11.2. The van der Waals surface area contributed by atoms with Gasteiger partial charge in [0, 0.05) is 0 Å². The number of carbonyl (C=O) groups is 1. The number of nitrogens with one attached hydrogen (secondary N) is 1. The molecule has 0 aliphatic heterocycles. The molecule has 0 heterocycles. The third-order valence-electron chi connectivity index (χ3n) is 3.50. The summed E-state index contributed by atoms with van der Waals surface area (Å²) in [6.07, 6.45) is 1.07. The van der Waals surface area contributed by atoms with E-state index in [0.717, 1.165) is 5.56 Å². The van der Waals surface area contributed by atoms with Crippen LogP contribution in [0.15, 0.2) is 30.3 Å². The van der Waals surface area contributed by atoms with Gasteiger partial charge >= 0.3 is 0 Å². The van der Waals surface area contributed by atoms with Crippen molar-refractivity contribution in [3.63, 3.8) is 0 Å². The second-order valence-electron chi connectivity index (χ2n) is 4.51. The van der Waals surface area contributed by atoms with E-state index >= 15 is 0 Å². The second-order valence-corrected chi connectivity index (χ2v) is 4.51. The summed E-state index contributed by atoms with van der Waals surface area (Å²) >= 11 is 0. The van der Waals surface area contributed by atoms with Gasteiger partial charge in [-0.2, -0.15) is 5.26 Å². The Labute approximate surface area is 109 Å². The first kappa shape index (κ1) is 14.2. The Morgan fingerprint density at radius 1 is 1.33 bits per heavy atom. The molecule has 1 N–H and O–H groups in total. The van der Waals surface area contributed by atoms with Gasteiger partial charge in [-0.25, -0.2) is 0 Å². The summed E-state index contributed by atoms with van der Waals surface area (Å²) in [4.78, 5) is 12.2. The van der Waals surface area contributed by atoms with Gasteiger partial charge in [-0.05, 0) is 25.3 Å². The van der Waals surface area contributed by atoms with Crippen LogP contribution in [0.4, 0.5) is 0 Å². The lowest BCUT2D eigenvalue weighted by Gasteiger charge is -2.25. The van der Waals surface area contributed by atoms with Crippen LogP contribution in [0.1, 0.15) is 45.2 Å². The van der Waals surface area contributed by atoms with Gasteiger partial charge in [0.2, 0.25) is 5.91 Å². The molecule has 0 aromatic heterocycles. The van der Waals surface area contributed by atoms with Crippen LogP contribution in [0.3, 0.4) is 0 Å². The highest BCUT2D eigenvalue weighted by Gasteiger charge is 2.35. The Bertz CT molecular complexity index is 430. The van der Waals surface area contributed by atoms with E-state index in [1.807, 2.05) is 51.1 Å². The van der Waals surface area contributed by atoms with Crippen molar-refractivity contribution in [1.82, 2.24) is 5.32 Å². The minimum Gasteiger partial charge on any atom is -0.348 e. The topological polar surface area (TPSA) is 52.9 Å². The number of amides is 1. The molecule has 96 valence electrons. The molecule has 3 heteroatoms. The van der Waals surface area contributed by atoms with Crippen LogP contribution >= 0.6 is 0 Å². The quantitative estimate of drug-likeness (QED) is 0.864. The fraction of sp³-hybridized carbons (Fsp3) is 0.467. The molecule has 1 rings (SSSR count). The lowest BCUT2D eigenvalue weighted by molar-refractivity contribution is -0.129. The molecule has 1 aromatic carbocycles. The minimum atomic E-state index is -0.900. The van der Waals surface area contributed by atoms with Gasteiger partial charge in [0.1, 0.15) is 5.41 Å². The van der Waals surface area contributed by atoms with E-state index in [1.54, 1.807) is 0 Å². The molecule has 0 spiro atoms.